The number of fused-ring (bicyclic) bond motifs is 7. The summed E-state index contributed by atoms with van der Waals surface area (Å²) in [7, 11) is 0. The minimum absolute atomic E-state index is 0.883. The van der Waals surface area contributed by atoms with E-state index in [1.807, 2.05) is 17.4 Å². The highest BCUT2D eigenvalue weighted by atomic mass is 32.1. The molecule has 0 spiro atoms. The Morgan fingerprint density at radius 1 is 0.429 bits per heavy atom. The van der Waals surface area contributed by atoms with Crippen LogP contribution in [0.3, 0.4) is 0 Å². The molecule has 2 heterocycles. The van der Waals surface area contributed by atoms with Crippen molar-refractivity contribution in [3.63, 3.8) is 0 Å². The maximum absolute atomic E-state index is 6.63. The summed E-state index contributed by atoms with van der Waals surface area (Å²) in [5, 5.41) is 7.27. The average Bonchev–Trinajstić information content (AvgIpc) is 3.75. The second-order valence-corrected chi connectivity index (χ2v) is 13.5. The van der Waals surface area contributed by atoms with E-state index in [9.17, 15) is 0 Å². The molecule has 10 rings (SSSR count). The van der Waals surface area contributed by atoms with E-state index in [1.165, 1.54) is 53.2 Å². The van der Waals surface area contributed by atoms with Crippen molar-refractivity contribution in [2.45, 2.75) is 0 Å². The summed E-state index contributed by atoms with van der Waals surface area (Å²) in [6, 6.07) is 63.2. The van der Waals surface area contributed by atoms with Crippen LogP contribution in [0.1, 0.15) is 0 Å². The number of hydrogen-bond donors (Lipinski definition) is 0. The van der Waals surface area contributed by atoms with Crippen LogP contribution in [-0.4, -0.2) is 0 Å². The number of nitrogens with zero attached hydrogens (tertiary/aromatic N) is 1. The van der Waals surface area contributed by atoms with Gasteiger partial charge in [0.15, 0.2) is 5.58 Å². The van der Waals surface area contributed by atoms with Gasteiger partial charge in [-0.05, 0) is 75.5 Å². The monoisotopic (exact) mass is 643 g/mol. The van der Waals surface area contributed by atoms with E-state index in [2.05, 4.69) is 175 Å². The summed E-state index contributed by atoms with van der Waals surface area (Å²) in [5.74, 6) is 0. The molecule has 230 valence electrons. The first-order valence-electron chi connectivity index (χ1n) is 16.6. The van der Waals surface area contributed by atoms with Gasteiger partial charge in [0.1, 0.15) is 5.58 Å². The van der Waals surface area contributed by atoms with Crippen LogP contribution in [0.15, 0.2) is 180 Å². The van der Waals surface area contributed by atoms with Gasteiger partial charge in [-0.2, -0.15) is 0 Å². The van der Waals surface area contributed by atoms with Gasteiger partial charge in [-0.15, -0.1) is 11.3 Å². The number of rotatable bonds is 5. The molecule has 0 N–H and O–H groups in total. The van der Waals surface area contributed by atoms with Crippen molar-refractivity contribution in [2.24, 2.45) is 0 Å². The molecule has 0 aliphatic rings. The van der Waals surface area contributed by atoms with Crippen LogP contribution in [0.5, 0.6) is 0 Å². The van der Waals surface area contributed by atoms with Crippen molar-refractivity contribution in [2.75, 3.05) is 4.90 Å². The first-order valence-corrected chi connectivity index (χ1v) is 17.4. The minimum Gasteiger partial charge on any atom is -0.454 e. The van der Waals surface area contributed by atoms with Gasteiger partial charge in [0, 0.05) is 31.9 Å². The van der Waals surface area contributed by atoms with Crippen LogP contribution in [-0.2, 0) is 0 Å². The molecule has 2 nitrogen and oxygen atoms in total. The Labute approximate surface area is 287 Å². The lowest BCUT2D eigenvalue weighted by molar-refractivity contribution is 0.669. The van der Waals surface area contributed by atoms with Crippen molar-refractivity contribution in [3.05, 3.63) is 176 Å². The molecule has 0 atom stereocenters. The molecule has 3 heteroatoms. The van der Waals surface area contributed by atoms with Crippen molar-refractivity contribution in [3.8, 4) is 22.3 Å². The molecular formula is C46H29NOS. The highest BCUT2D eigenvalue weighted by molar-refractivity contribution is 7.26. The summed E-state index contributed by atoms with van der Waals surface area (Å²) >= 11 is 1.84. The highest BCUT2D eigenvalue weighted by Gasteiger charge is 2.22. The quantitative estimate of drug-likeness (QED) is 0.186. The lowest BCUT2D eigenvalue weighted by Crippen LogP contribution is -2.10. The molecule has 0 unspecified atom stereocenters. The zero-order valence-electron chi connectivity index (χ0n) is 26.5. The van der Waals surface area contributed by atoms with Crippen LogP contribution in [0, 0.1) is 0 Å². The van der Waals surface area contributed by atoms with E-state index >= 15 is 0 Å². The van der Waals surface area contributed by atoms with Crippen molar-refractivity contribution >= 4 is 81.3 Å². The van der Waals surface area contributed by atoms with Gasteiger partial charge in [0.25, 0.3) is 0 Å². The molecule has 0 saturated carbocycles. The van der Waals surface area contributed by atoms with Crippen LogP contribution >= 0.6 is 11.3 Å². The third-order valence-corrected chi connectivity index (χ3v) is 10.9. The molecule has 0 aliphatic heterocycles. The van der Waals surface area contributed by atoms with Crippen LogP contribution in [0.25, 0.3) is 75.1 Å². The predicted molar refractivity (Wildman–Crippen MR) is 210 cm³/mol. The second-order valence-electron chi connectivity index (χ2n) is 12.5. The van der Waals surface area contributed by atoms with Crippen molar-refractivity contribution in [1.82, 2.24) is 0 Å². The number of hydrogen-bond acceptors (Lipinski definition) is 3. The smallest absolute Gasteiger partial charge is 0.159 e. The largest absolute Gasteiger partial charge is 0.454 e. The number of thiophene rings is 1. The standard InChI is InChI=1S/C46H29NOS/c1-2-11-30(12-3-1)33-24-23-31-13-8-16-35(40(31)29-33)32-25-27-34(28-26-32)47(41-19-9-17-38-36-14-4-6-21-43(36)48-45(38)41)42-20-10-18-39-37-15-5-7-22-44(37)49-46(39)42/h1-29H. The molecule has 0 fully saturated rings. The number of furan rings is 1. The average molecular weight is 644 g/mol. The van der Waals surface area contributed by atoms with Gasteiger partial charge < -0.3 is 9.32 Å². The maximum atomic E-state index is 6.63. The summed E-state index contributed by atoms with van der Waals surface area (Å²) in [4.78, 5) is 2.38. The van der Waals surface area contributed by atoms with E-state index in [1.54, 1.807) is 0 Å². The molecule has 0 aliphatic carbocycles. The van der Waals surface area contributed by atoms with Gasteiger partial charge in [-0.25, -0.2) is 0 Å². The third kappa shape index (κ3) is 4.55. The van der Waals surface area contributed by atoms with E-state index in [4.69, 9.17) is 4.42 Å². The molecule has 0 radical (unpaired) electrons. The molecule has 10 aromatic rings. The SMILES string of the molecule is c1ccc(-c2ccc3cccc(-c4ccc(N(c5cccc6c5oc5ccccc56)c5cccc6c5sc5ccccc56)cc4)c3c2)cc1. The Balaban J connectivity index is 1.17. The Morgan fingerprint density at radius 2 is 1.12 bits per heavy atom. The summed E-state index contributed by atoms with van der Waals surface area (Å²) in [6.07, 6.45) is 0. The molecule has 2 aromatic heterocycles. The first-order chi connectivity index (χ1) is 24.3. The topological polar surface area (TPSA) is 16.4 Å². The number of benzene rings is 8. The van der Waals surface area contributed by atoms with Crippen molar-refractivity contribution in [1.29, 1.82) is 0 Å². The Bertz CT molecular complexity index is 2710. The maximum Gasteiger partial charge on any atom is 0.159 e. The van der Waals surface area contributed by atoms with Gasteiger partial charge in [0.2, 0.25) is 0 Å². The number of para-hydroxylation sites is 2. The van der Waals surface area contributed by atoms with E-state index in [0.29, 0.717) is 0 Å². The van der Waals surface area contributed by atoms with E-state index in [0.717, 1.165) is 39.0 Å². The lowest BCUT2D eigenvalue weighted by atomic mass is 9.94. The molecule has 8 aromatic carbocycles. The summed E-state index contributed by atoms with van der Waals surface area (Å²) in [6.45, 7) is 0. The van der Waals surface area contributed by atoms with Crippen LogP contribution in [0.4, 0.5) is 17.1 Å². The third-order valence-electron chi connectivity index (χ3n) is 9.67. The Hall–Kier alpha value is -6.16. The summed E-state index contributed by atoms with van der Waals surface area (Å²) in [5.41, 5.74) is 9.85. The van der Waals surface area contributed by atoms with Gasteiger partial charge in [0.05, 0.1) is 16.1 Å². The molecular weight excluding hydrogens is 615 g/mol. The fourth-order valence-corrected chi connectivity index (χ4v) is 8.56. The fraction of sp³-hybridized carbons (Fsp3) is 0. The fourth-order valence-electron chi connectivity index (χ4n) is 7.35. The minimum atomic E-state index is 0.883. The molecule has 0 saturated heterocycles. The normalized spacial score (nSPS) is 11.7. The van der Waals surface area contributed by atoms with Crippen LogP contribution in [0.2, 0.25) is 0 Å². The molecule has 0 bridgehead atoms. The van der Waals surface area contributed by atoms with Crippen LogP contribution < -0.4 is 4.90 Å². The van der Waals surface area contributed by atoms with Gasteiger partial charge in [-0.3, -0.25) is 0 Å². The number of anilines is 3. The van der Waals surface area contributed by atoms with E-state index < -0.39 is 0 Å². The Morgan fingerprint density at radius 3 is 2.00 bits per heavy atom. The lowest BCUT2D eigenvalue weighted by Gasteiger charge is -2.26. The van der Waals surface area contributed by atoms with Gasteiger partial charge in [-0.1, -0.05) is 133 Å². The molecule has 0 amide bonds. The Kier molecular flexibility index (Phi) is 6.39. The van der Waals surface area contributed by atoms with Gasteiger partial charge >= 0.3 is 0 Å². The predicted octanol–water partition coefficient (Wildman–Crippen LogP) is 13.9. The zero-order chi connectivity index (χ0) is 32.3. The highest BCUT2D eigenvalue weighted by Crippen LogP contribution is 2.47. The van der Waals surface area contributed by atoms with Crippen molar-refractivity contribution < 1.29 is 4.42 Å². The molecule has 49 heavy (non-hydrogen) atoms. The zero-order valence-corrected chi connectivity index (χ0v) is 27.3. The summed E-state index contributed by atoms with van der Waals surface area (Å²) < 4.78 is 9.17. The first kappa shape index (κ1) is 27.9. The second kappa shape index (κ2) is 11.2. The van der Waals surface area contributed by atoms with E-state index in [-0.39, 0.29) is 0 Å².